The summed E-state index contributed by atoms with van der Waals surface area (Å²) in [6, 6.07) is 17.0. The van der Waals surface area contributed by atoms with E-state index in [-0.39, 0.29) is 41.3 Å². The summed E-state index contributed by atoms with van der Waals surface area (Å²) < 4.78 is 39.1. The van der Waals surface area contributed by atoms with Crippen LogP contribution in [0, 0.1) is 5.82 Å². The molecule has 18 nitrogen and oxygen atoms in total. The predicted molar refractivity (Wildman–Crippen MR) is 250 cm³/mol. The number of rotatable bonds is 24. The van der Waals surface area contributed by atoms with Gasteiger partial charge in [-0.15, -0.1) is 16.7 Å². The summed E-state index contributed by atoms with van der Waals surface area (Å²) in [5.74, 6) is -0.918. The minimum atomic E-state index is -0.617. The van der Waals surface area contributed by atoms with Crippen molar-refractivity contribution in [3.63, 3.8) is 0 Å². The predicted octanol–water partition coefficient (Wildman–Crippen LogP) is 3.70. The number of hydrogen-bond acceptors (Lipinski definition) is 12. The van der Waals surface area contributed by atoms with E-state index in [1.54, 1.807) is 43.6 Å². The molecule has 2 N–H and O–H groups in total. The van der Waals surface area contributed by atoms with Crippen molar-refractivity contribution in [2.75, 3.05) is 96.3 Å². The fraction of sp³-hybridized carbons (Fsp3) is 0.458. The number of unbranched alkanes of at least 4 members (excludes halogenated alkanes) is 1. The summed E-state index contributed by atoms with van der Waals surface area (Å²) in [6.45, 7) is 5.08. The summed E-state index contributed by atoms with van der Waals surface area (Å²) in [5.41, 5.74) is 3.64. The molecule has 2 aliphatic heterocycles. The number of alkyl halides is 1. The quantitative estimate of drug-likeness (QED) is 0.0672. The minimum Gasteiger partial charge on any atom is -0.484 e. The van der Waals surface area contributed by atoms with Crippen LogP contribution >= 0.6 is 11.6 Å². The molecule has 0 bridgehead atoms. The van der Waals surface area contributed by atoms with Crippen molar-refractivity contribution in [2.45, 2.75) is 51.5 Å². The van der Waals surface area contributed by atoms with Gasteiger partial charge in [-0.25, -0.2) is 14.2 Å². The Balaban J connectivity index is 0.680. The fourth-order valence-corrected chi connectivity index (χ4v) is 8.28. The van der Waals surface area contributed by atoms with Gasteiger partial charge in [-0.2, -0.15) is 5.10 Å². The fourth-order valence-electron chi connectivity index (χ4n) is 8.13. The second-order valence-electron chi connectivity index (χ2n) is 16.4. The highest BCUT2D eigenvalue weighted by atomic mass is 35.5. The van der Waals surface area contributed by atoms with Crippen LogP contribution in [0.3, 0.4) is 0 Å². The van der Waals surface area contributed by atoms with Crippen molar-refractivity contribution in [1.29, 1.82) is 0 Å². The zero-order valence-corrected chi connectivity index (χ0v) is 38.7. The number of hydrogen-bond donors (Lipinski definition) is 2. The van der Waals surface area contributed by atoms with Crippen molar-refractivity contribution >= 4 is 51.7 Å². The van der Waals surface area contributed by atoms with Crippen LogP contribution in [0.1, 0.15) is 58.6 Å². The number of H-pyrrole nitrogens is 1. The van der Waals surface area contributed by atoms with E-state index in [0.717, 1.165) is 36.2 Å². The maximum atomic E-state index is 15.0. The highest BCUT2D eigenvalue weighted by Crippen LogP contribution is 2.31. The summed E-state index contributed by atoms with van der Waals surface area (Å²) in [6.07, 6.45) is 6.35. The molecule has 3 aromatic carbocycles. The third-order valence-corrected chi connectivity index (χ3v) is 11.9. The van der Waals surface area contributed by atoms with Gasteiger partial charge in [0.25, 0.3) is 17.4 Å². The van der Waals surface area contributed by atoms with Crippen LogP contribution < -0.4 is 20.5 Å². The van der Waals surface area contributed by atoms with Gasteiger partial charge >= 0.3 is 0 Å². The molecule has 2 aromatic heterocycles. The lowest BCUT2D eigenvalue weighted by molar-refractivity contribution is -0.132. The highest BCUT2D eigenvalue weighted by molar-refractivity contribution is 6.29. The molecule has 0 aliphatic carbocycles. The molecule has 0 unspecified atom stereocenters. The van der Waals surface area contributed by atoms with E-state index in [9.17, 15) is 28.4 Å². The van der Waals surface area contributed by atoms with Crippen LogP contribution in [0.15, 0.2) is 71.7 Å². The number of aromatic amines is 1. The number of carbonyl (C=O) groups is 4. The Hall–Kier alpha value is -6.28. The van der Waals surface area contributed by atoms with Crippen molar-refractivity contribution in [2.24, 2.45) is 0 Å². The Labute approximate surface area is 398 Å². The first-order chi connectivity index (χ1) is 33.2. The summed E-state index contributed by atoms with van der Waals surface area (Å²) in [4.78, 5) is 68.0. The number of nitrogens with one attached hydrogen (secondary N) is 2. The monoisotopic (exact) mass is 957 g/mol. The smallest absolute Gasteiger partial charge is 0.272 e. The highest BCUT2D eigenvalue weighted by Gasteiger charge is 2.27. The molecule has 4 heterocycles. The van der Waals surface area contributed by atoms with Crippen molar-refractivity contribution in [3.05, 3.63) is 111 Å². The van der Waals surface area contributed by atoms with Gasteiger partial charge in [-0.05, 0) is 79.6 Å². The summed E-state index contributed by atoms with van der Waals surface area (Å²) >= 11 is 5.75. The van der Waals surface area contributed by atoms with Crippen molar-refractivity contribution in [1.82, 2.24) is 40.3 Å². The van der Waals surface area contributed by atoms with Gasteiger partial charge in [0, 0.05) is 69.4 Å². The molecule has 2 aliphatic rings. The van der Waals surface area contributed by atoms with Crippen LogP contribution in [0.25, 0.3) is 10.8 Å². The van der Waals surface area contributed by atoms with Gasteiger partial charge in [0.2, 0.25) is 11.8 Å². The first-order valence-electron chi connectivity index (χ1n) is 23.0. The van der Waals surface area contributed by atoms with E-state index in [1.165, 1.54) is 12.1 Å². The van der Waals surface area contributed by atoms with Gasteiger partial charge < -0.3 is 39.0 Å². The Morgan fingerprint density at radius 3 is 2.37 bits per heavy atom. The van der Waals surface area contributed by atoms with Gasteiger partial charge in [0.1, 0.15) is 17.4 Å². The Kier molecular flexibility index (Phi) is 18.4. The SMILES string of the molecule is O=C(COc1ccc2c(c1)CCCN2C(=O)CCl)NCCOCCOCCOCCn1cc(CCCCC(=O)N2CCN(C(=O)c3cc(Cc4n[nH]c(=O)c5ccccc45)ccc3F)CC2)nn1. The van der Waals surface area contributed by atoms with Gasteiger partial charge in [-0.3, -0.25) is 24.0 Å². The number of amides is 4. The number of piperazine rings is 1. The van der Waals surface area contributed by atoms with E-state index < -0.39 is 11.7 Å². The summed E-state index contributed by atoms with van der Waals surface area (Å²) in [7, 11) is 0. The molecule has 5 aromatic rings. The Morgan fingerprint density at radius 2 is 1.57 bits per heavy atom. The molecule has 7 rings (SSSR count). The normalized spacial score (nSPS) is 13.7. The maximum Gasteiger partial charge on any atom is 0.272 e. The number of nitrogens with zero attached hydrogens (tertiary/aromatic N) is 7. The third-order valence-electron chi connectivity index (χ3n) is 11.7. The summed E-state index contributed by atoms with van der Waals surface area (Å²) in [5, 5.41) is 19.1. The zero-order valence-electron chi connectivity index (χ0n) is 38.0. The first-order valence-corrected chi connectivity index (χ1v) is 23.5. The number of aryl methyl sites for hydroxylation is 2. The molecular formula is C48H57ClFN9O9. The van der Waals surface area contributed by atoms with E-state index in [4.69, 9.17) is 30.5 Å². The van der Waals surface area contributed by atoms with Crippen LogP contribution in [-0.4, -0.2) is 150 Å². The van der Waals surface area contributed by atoms with Crippen LogP contribution in [0.5, 0.6) is 5.75 Å². The molecular weight excluding hydrogens is 901 g/mol. The molecule has 362 valence electrons. The van der Waals surface area contributed by atoms with Crippen LogP contribution in [-0.2, 0) is 54.4 Å². The van der Waals surface area contributed by atoms with Crippen LogP contribution in [0.2, 0.25) is 0 Å². The van der Waals surface area contributed by atoms with Gasteiger partial charge in [0.15, 0.2) is 6.61 Å². The van der Waals surface area contributed by atoms with Crippen molar-refractivity contribution in [3.8, 4) is 5.75 Å². The standard InChI is InChI=1S/C48H57ClFN9O9/c49-31-46(62)59-16-5-6-35-30-37(12-14-43(35)59)68-33-44(60)51-15-22-65-24-26-67-27-25-66-23-21-58-32-36(52-55-58)7-1-4-10-45(61)56-17-19-57(20-18-56)48(64)40-28-34(11-13-41(40)50)29-42-38-8-2-3-9-39(38)47(63)54-53-42/h2-3,8-9,11-14,28,30,32H,1,4-7,10,15-27,29,31,33H2,(H,51,60)(H,54,63). The number of anilines is 1. The minimum absolute atomic E-state index is 0.0205. The van der Waals surface area contributed by atoms with E-state index >= 15 is 0 Å². The number of halogens is 2. The number of aromatic nitrogens is 5. The van der Waals surface area contributed by atoms with E-state index in [0.29, 0.717) is 139 Å². The molecule has 1 saturated heterocycles. The molecule has 1 fully saturated rings. The molecule has 4 amide bonds. The third kappa shape index (κ3) is 13.9. The number of ether oxygens (including phenoxy) is 4. The second kappa shape index (κ2) is 25.2. The Bertz CT molecular complexity index is 2570. The average molecular weight is 958 g/mol. The van der Waals surface area contributed by atoms with Gasteiger partial charge in [0.05, 0.1) is 68.5 Å². The number of fused-ring (bicyclic) bond motifs is 2. The zero-order chi connectivity index (χ0) is 47.7. The molecule has 0 atom stereocenters. The lowest BCUT2D eigenvalue weighted by atomic mass is 10.0. The average Bonchev–Trinajstić information content (AvgIpc) is 3.83. The lowest BCUT2D eigenvalue weighted by Crippen LogP contribution is -2.50. The number of carbonyl (C=O) groups excluding carboxylic acids is 4. The van der Waals surface area contributed by atoms with Crippen molar-refractivity contribution < 1.29 is 42.5 Å². The first kappa shape index (κ1) is 49.6. The molecule has 20 heteroatoms. The lowest BCUT2D eigenvalue weighted by Gasteiger charge is -2.35. The molecule has 0 spiro atoms. The van der Waals surface area contributed by atoms with E-state index in [1.807, 2.05) is 30.5 Å². The van der Waals surface area contributed by atoms with Gasteiger partial charge in [-0.1, -0.05) is 29.5 Å². The Morgan fingerprint density at radius 1 is 0.824 bits per heavy atom. The maximum absolute atomic E-state index is 15.0. The molecule has 68 heavy (non-hydrogen) atoms. The topological polar surface area (TPSA) is 203 Å². The van der Waals surface area contributed by atoms with E-state index in [2.05, 4.69) is 25.8 Å². The largest absolute Gasteiger partial charge is 0.484 e. The molecule has 0 radical (unpaired) electrons. The molecule has 0 saturated carbocycles. The number of benzene rings is 3. The second-order valence-corrected chi connectivity index (χ2v) is 16.7. The van der Waals surface area contributed by atoms with Crippen LogP contribution in [0.4, 0.5) is 10.1 Å².